The third-order valence-corrected chi connectivity index (χ3v) is 4.97. The van der Waals surface area contributed by atoms with Crippen LogP contribution in [0.5, 0.6) is 11.5 Å². The third-order valence-electron chi connectivity index (χ3n) is 3.78. The lowest BCUT2D eigenvalue weighted by molar-refractivity contribution is -0.115. The molecule has 6 nitrogen and oxygen atoms in total. The molecule has 0 spiro atoms. The van der Waals surface area contributed by atoms with Gasteiger partial charge in [0.25, 0.3) is 0 Å². The number of nitrogens with two attached hydrogens (primary N) is 1. The average Bonchev–Trinajstić information content (AvgIpc) is 2.65. The first-order chi connectivity index (χ1) is 13.3. The number of rotatable bonds is 6. The molecule has 0 saturated heterocycles. The van der Waals surface area contributed by atoms with E-state index in [0.29, 0.717) is 16.5 Å². The normalized spacial score (nSPS) is 11.1. The SMILES string of the molecule is NS(=O)(=O)c1cc(NC(=O)Cc2ccccc2)ccc1Oc1ccc(Cl)cc1. The van der Waals surface area contributed by atoms with Crippen molar-refractivity contribution < 1.29 is 17.9 Å². The summed E-state index contributed by atoms with van der Waals surface area (Å²) in [6.07, 6.45) is 0.161. The van der Waals surface area contributed by atoms with Crippen LogP contribution in [0.3, 0.4) is 0 Å². The summed E-state index contributed by atoms with van der Waals surface area (Å²) < 4.78 is 29.6. The number of benzene rings is 3. The first-order valence-corrected chi connectivity index (χ1v) is 10.2. The van der Waals surface area contributed by atoms with Crippen LogP contribution < -0.4 is 15.2 Å². The lowest BCUT2D eigenvalue weighted by atomic mass is 10.1. The molecule has 0 heterocycles. The van der Waals surface area contributed by atoms with Gasteiger partial charge in [-0.1, -0.05) is 41.9 Å². The Kier molecular flexibility index (Phi) is 5.99. The molecular formula is C20H17ClN2O4S. The van der Waals surface area contributed by atoms with Crippen molar-refractivity contribution in [2.24, 2.45) is 5.14 Å². The summed E-state index contributed by atoms with van der Waals surface area (Å²) in [7, 11) is -4.08. The van der Waals surface area contributed by atoms with Gasteiger partial charge in [-0.2, -0.15) is 0 Å². The molecule has 144 valence electrons. The Balaban J connectivity index is 1.82. The number of carbonyl (C=O) groups is 1. The fraction of sp³-hybridized carbons (Fsp3) is 0.0500. The Morgan fingerprint density at radius 3 is 2.32 bits per heavy atom. The van der Waals surface area contributed by atoms with Gasteiger partial charge in [0.2, 0.25) is 15.9 Å². The number of amides is 1. The second-order valence-corrected chi connectivity index (χ2v) is 7.94. The molecule has 0 radical (unpaired) electrons. The van der Waals surface area contributed by atoms with Gasteiger partial charge in [-0.15, -0.1) is 0 Å². The van der Waals surface area contributed by atoms with E-state index < -0.39 is 10.0 Å². The number of nitrogens with one attached hydrogen (secondary N) is 1. The zero-order valence-corrected chi connectivity index (χ0v) is 16.2. The molecule has 0 atom stereocenters. The van der Waals surface area contributed by atoms with E-state index in [1.807, 2.05) is 30.3 Å². The Morgan fingerprint density at radius 1 is 1.00 bits per heavy atom. The minimum absolute atomic E-state index is 0.0471. The van der Waals surface area contributed by atoms with Crippen molar-refractivity contribution >= 4 is 33.2 Å². The lowest BCUT2D eigenvalue weighted by Crippen LogP contribution is -2.17. The number of anilines is 1. The van der Waals surface area contributed by atoms with Crippen LogP contribution in [0.4, 0.5) is 5.69 Å². The van der Waals surface area contributed by atoms with E-state index in [1.165, 1.54) is 12.1 Å². The highest BCUT2D eigenvalue weighted by atomic mass is 35.5. The highest BCUT2D eigenvalue weighted by Crippen LogP contribution is 2.31. The quantitative estimate of drug-likeness (QED) is 0.635. The number of sulfonamides is 1. The number of hydrogen-bond acceptors (Lipinski definition) is 4. The number of carbonyl (C=O) groups excluding carboxylic acids is 1. The van der Waals surface area contributed by atoms with E-state index in [9.17, 15) is 13.2 Å². The fourth-order valence-electron chi connectivity index (χ4n) is 2.51. The zero-order chi connectivity index (χ0) is 20.1. The minimum atomic E-state index is -4.08. The summed E-state index contributed by atoms with van der Waals surface area (Å²) in [4.78, 5) is 12.0. The second kappa shape index (κ2) is 8.43. The molecule has 0 unspecified atom stereocenters. The van der Waals surface area contributed by atoms with E-state index in [0.717, 1.165) is 5.56 Å². The molecule has 0 aliphatic heterocycles. The molecule has 0 saturated carbocycles. The van der Waals surface area contributed by atoms with Crippen LogP contribution in [0.1, 0.15) is 5.56 Å². The first kappa shape index (κ1) is 19.9. The van der Waals surface area contributed by atoms with Crippen molar-refractivity contribution in [3.8, 4) is 11.5 Å². The monoisotopic (exact) mass is 416 g/mol. The second-order valence-electron chi connectivity index (χ2n) is 5.97. The van der Waals surface area contributed by atoms with Crippen LogP contribution >= 0.6 is 11.6 Å². The maximum atomic E-state index is 12.2. The van der Waals surface area contributed by atoms with Crippen LogP contribution in [-0.2, 0) is 21.2 Å². The highest BCUT2D eigenvalue weighted by molar-refractivity contribution is 7.89. The number of halogens is 1. The molecule has 28 heavy (non-hydrogen) atoms. The predicted octanol–water partition coefficient (Wildman–Crippen LogP) is 3.96. The number of ether oxygens (including phenoxy) is 1. The van der Waals surface area contributed by atoms with Crippen LogP contribution in [0, 0.1) is 0 Å². The molecule has 0 aromatic heterocycles. The molecule has 1 amide bonds. The number of hydrogen-bond donors (Lipinski definition) is 2. The zero-order valence-electron chi connectivity index (χ0n) is 14.6. The molecular weight excluding hydrogens is 400 g/mol. The molecule has 3 aromatic carbocycles. The van der Waals surface area contributed by atoms with Gasteiger partial charge >= 0.3 is 0 Å². The van der Waals surface area contributed by atoms with Crippen LogP contribution in [0.2, 0.25) is 5.02 Å². The van der Waals surface area contributed by atoms with Gasteiger partial charge in [0.05, 0.1) is 6.42 Å². The third kappa shape index (κ3) is 5.32. The predicted molar refractivity (Wildman–Crippen MR) is 108 cm³/mol. The Hall–Kier alpha value is -2.87. The Bertz CT molecular complexity index is 1080. The molecule has 8 heteroatoms. The standard InChI is InChI=1S/C20H17ClN2O4S/c21-15-6-9-17(10-7-15)27-18-11-8-16(13-19(18)28(22,25)26)23-20(24)12-14-4-2-1-3-5-14/h1-11,13H,12H2,(H,23,24)(H2,22,25,26). The van der Waals surface area contributed by atoms with Crippen molar-refractivity contribution in [3.05, 3.63) is 83.4 Å². The van der Waals surface area contributed by atoms with Gasteiger partial charge in [-0.3, -0.25) is 4.79 Å². The maximum absolute atomic E-state index is 12.2. The topological polar surface area (TPSA) is 98.5 Å². The molecule has 0 aliphatic rings. The van der Waals surface area contributed by atoms with E-state index in [1.54, 1.807) is 30.3 Å². The Labute approximate surface area is 168 Å². The number of primary sulfonamides is 1. The van der Waals surface area contributed by atoms with Crippen molar-refractivity contribution in [1.29, 1.82) is 0 Å². The van der Waals surface area contributed by atoms with E-state index in [2.05, 4.69) is 5.32 Å². The first-order valence-electron chi connectivity index (χ1n) is 8.25. The van der Waals surface area contributed by atoms with Crippen molar-refractivity contribution in [1.82, 2.24) is 0 Å². The molecule has 3 aromatic rings. The van der Waals surface area contributed by atoms with E-state index >= 15 is 0 Å². The molecule has 3 N–H and O–H groups in total. The van der Waals surface area contributed by atoms with Crippen molar-refractivity contribution in [2.45, 2.75) is 11.3 Å². The highest BCUT2D eigenvalue weighted by Gasteiger charge is 2.18. The summed E-state index contributed by atoms with van der Waals surface area (Å²) >= 11 is 5.83. The van der Waals surface area contributed by atoms with Crippen LogP contribution in [-0.4, -0.2) is 14.3 Å². The molecule has 0 bridgehead atoms. The minimum Gasteiger partial charge on any atom is -0.456 e. The molecule has 0 aliphatic carbocycles. The van der Waals surface area contributed by atoms with Gasteiger partial charge < -0.3 is 10.1 Å². The summed E-state index contributed by atoms with van der Waals surface area (Å²) in [5.41, 5.74) is 1.14. The molecule has 0 fully saturated rings. The molecule has 3 rings (SSSR count). The average molecular weight is 417 g/mol. The lowest BCUT2D eigenvalue weighted by Gasteiger charge is -2.12. The van der Waals surface area contributed by atoms with E-state index in [4.69, 9.17) is 21.5 Å². The smallest absolute Gasteiger partial charge is 0.241 e. The summed E-state index contributed by atoms with van der Waals surface area (Å²) in [6, 6.07) is 19.9. The Morgan fingerprint density at radius 2 is 1.68 bits per heavy atom. The summed E-state index contributed by atoms with van der Waals surface area (Å²) in [5.74, 6) is 0.166. The van der Waals surface area contributed by atoms with Gasteiger partial charge in [-0.25, -0.2) is 13.6 Å². The van der Waals surface area contributed by atoms with Crippen molar-refractivity contribution in [2.75, 3.05) is 5.32 Å². The van der Waals surface area contributed by atoms with Crippen molar-refractivity contribution in [3.63, 3.8) is 0 Å². The summed E-state index contributed by atoms with van der Waals surface area (Å²) in [6.45, 7) is 0. The van der Waals surface area contributed by atoms with Gasteiger partial charge in [-0.05, 0) is 48.0 Å². The van der Waals surface area contributed by atoms with Crippen LogP contribution in [0.15, 0.2) is 77.7 Å². The van der Waals surface area contributed by atoms with Gasteiger partial charge in [0.15, 0.2) is 0 Å². The van der Waals surface area contributed by atoms with E-state index in [-0.39, 0.29) is 23.0 Å². The van der Waals surface area contributed by atoms with Crippen LogP contribution in [0.25, 0.3) is 0 Å². The van der Waals surface area contributed by atoms with Gasteiger partial charge in [0.1, 0.15) is 16.4 Å². The summed E-state index contributed by atoms with van der Waals surface area (Å²) in [5, 5.41) is 8.51. The largest absolute Gasteiger partial charge is 0.456 e. The van der Waals surface area contributed by atoms with Gasteiger partial charge in [0, 0.05) is 10.7 Å². The maximum Gasteiger partial charge on any atom is 0.241 e. The fourth-order valence-corrected chi connectivity index (χ4v) is 3.32.